The maximum absolute atomic E-state index is 13.1. The van der Waals surface area contributed by atoms with Gasteiger partial charge in [-0.15, -0.1) is 0 Å². The topological polar surface area (TPSA) is 98.7 Å². The minimum atomic E-state index is -0.805. The van der Waals surface area contributed by atoms with Crippen molar-refractivity contribution in [3.05, 3.63) is 35.6 Å². The summed E-state index contributed by atoms with van der Waals surface area (Å²) in [6.45, 7) is 0.0623. The summed E-state index contributed by atoms with van der Waals surface area (Å²) in [5.74, 6) is -1.46. The number of rotatable bonds is 6. The minimum Gasteiger partial charge on any atom is -0.481 e. The van der Waals surface area contributed by atoms with Gasteiger partial charge in [0.15, 0.2) is 0 Å². The summed E-state index contributed by atoms with van der Waals surface area (Å²) in [5, 5.41) is 24.2. The van der Waals surface area contributed by atoms with E-state index in [1.807, 2.05) is 0 Å². The van der Waals surface area contributed by atoms with Gasteiger partial charge in [-0.05, 0) is 43.4 Å². The second-order valence-electron chi connectivity index (χ2n) is 6.23. The Labute approximate surface area is 140 Å². The molecule has 0 spiro atoms. The highest BCUT2D eigenvalue weighted by Gasteiger charge is 2.26. The Hall–Kier alpha value is -2.15. The van der Waals surface area contributed by atoms with Crippen LogP contribution in [0.3, 0.4) is 0 Å². The van der Waals surface area contributed by atoms with E-state index >= 15 is 0 Å². The predicted molar refractivity (Wildman–Crippen MR) is 86.0 cm³/mol. The monoisotopic (exact) mass is 338 g/mol. The van der Waals surface area contributed by atoms with Crippen LogP contribution in [0.2, 0.25) is 0 Å². The molecule has 1 aliphatic carbocycles. The van der Waals surface area contributed by atoms with Crippen molar-refractivity contribution in [2.45, 2.75) is 44.2 Å². The van der Waals surface area contributed by atoms with Crippen molar-refractivity contribution < 1.29 is 24.2 Å². The molecule has 0 aliphatic heterocycles. The number of carboxylic acid groups (broad SMARTS) is 1. The number of aliphatic hydroxyl groups excluding tert-OH is 1. The molecule has 132 valence electrons. The molecule has 7 heteroatoms. The van der Waals surface area contributed by atoms with Gasteiger partial charge in [0, 0.05) is 19.0 Å². The third-order valence-corrected chi connectivity index (χ3v) is 4.27. The molecule has 0 radical (unpaired) electrons. The quantitative estimate of drug-likeness (QED) is 0.634. The number of aliphatic carboxylic acids is 1. The highest BCUT2D eigenvalue weighted by atomic mass is 19.1. The van der Waals surface area contributed by atoms with Crippen LogP contribution in [0.1, 0.15) is 31.2 Å². The van der Waals surface area contributed by atoms with Crippen LogP contribution in [0.15, 0.2) is 24.3 Å². The molecule has 0 saturated heterocycles. The number of urea groups is 1. The molecule has 2 rings (SSSR count). The summed E-state index contributed by atoms with van der Waals surface area (Å²) >= 11 is 0. The predicted octanol–water partition coefficient (Wildman–Crippen LogP) is 1.67. The number of carbonyl (C=O) groups excluding carboxylic acids is 1. The lowest BCUT2D eigenvalue weighted by Crippen LogP contribution is -2.46. The molecular formula is C17H23FN2O4. The molecule has 1 atom stereocenters. The summed E-state index contributed by atoms with van der Waals surface area (Å²) in [5.41, 5.74) is 0.664. The maximum Gasteiger partial charge on any atom is 0.315 e. The second-order valence-corrected chi connectivity index (χ2v) is 6.23. The first-order chi connectivity index (χ1) is 11.4. The van der Waals surface area contributed by atoms with Crippen molar-refractivity contribution >= 4 is 12.0 Å². The van der Waals surface area contributed by atoms with E-state index in [0.717, 1.165) is 0 Å². The number of amides is 2. The van der Waals surface area contributed by atoms with E-state index in [1.54, 1.807) is 12.1 Å². The van der Waals surface area contributed by atoms with Gasteiger partial charge >= 0.3 is 12.0 Å². The van der Waals surface area contributed by atoms with E-state index in [0.29, 0.717) is 31.2 Å². The van der Waals surface area contributed by atoms with Crippen LogP contribution < -0.4 is 10.6 Å². The summed E-state index contributed by atoms with van der Waals surface area (Å²) < 4.78 is 13.1. The zero-order chi connectivity index (χ0) is 17.5. The van der Waals surface area contributed by atoms with Gasteiger partial charge < -0.3 is 20.8 Å². The average Bonchev–Trinajstić information content (AvgIpc) is 2.53. The maximum atomic E-state index is 13.1. The zero-order valence-corrected chi connectivity index (χ0v) is 13.4. The Bertz CT molecular complexity index is 573. The number of nitrogens with one attached hydrogen (secondary N) is 2. The van der Waals surface area contributed by atoms with Crippen LogP contribution in [-0.2, 0) is 11.2 Å². The van der Waals surface area contributed by atoms with Gasteiger partial charge in [0.2, 0.25) is 0 Å². The van der Waals surface area contributed by atoms with Crippen molar-refractivity contribution in [3.63, 3.8) is 0 Å². The van der Waals surface area contributed by atoms with E-state index in [4.69, 9.17) is 5.11 Å². The normalized spacial score (nSPS) is 21.8. The lowest BCUT2D eigenvalue weighted by atomic mass is 9.86. The lowest BCUT2D eigenvalue weighted by Gasteiger charge is -2.27. The molecule has 1 aromatic carbocycles. The summed E-state index contributed by atoms with van der Waals surface area (Å²) in [7, 11) is 0. The Kier molecular flexibility index (Phi) is 6.54. The molecule has 4 N–H and O–H groups in total. The van der Waals surface area contributed by atoms with Crippen molar-refractivity contribution in [1.29, 1.82) is 0 Å². The third kappa shape index (κ3) is 5.81. The van der Waals surface area contributed by atoms with Gasteiger partial charge in [0.05, 0.1) is 12.0 Å². The molecule has 0 aromatic heterocycles. The van der Waals surface area contributed by atoms with Crippen LogP contribution in [0, 0.1) is 11.7 Å². The number of halogens is 1. The molecule has 0 heterocycles. The Balaban J connectivity index is 1.67. The van der Waals surface area contributed by atoms with Crippen LogP contribution in [0.4, 0.5) is 9.18 Å². The number of hydrogen-bond donors (Lipinski definition) is 4. The van der Waals surface area contributed by atoms with Gasteiger partial charge in [0.25, 0.3) is 0 Å². The first-order valence-corrected chi connectivity index (χ1v) is 8.13. The van der Waals surface area contributed by atoms with Crippen molar-refractivity contribution in [2.75, 3.05) is 6.54 Å². The molecule has 0 bridgehead atoms. The SMILES string of the molecule is O=C(NCC(O)Cc1cccc(F)c1)NC1CCC(C(=O)O)CC1. The molecule has 1 fully saturated rings. The van der Waals surface area contributed by atoms with Gasteiger partial charge in [-0.25, -0.2) is 9.18 Å². The molecule has 1 saturated carbocycles. The Morgan fingerprint density at radius 3 is 2.58 bits per heavy atom. The van der Waals surface area contributed by atoms with E-state index in [2.05, 4.69) is 10.6 Å². The largest absolute Gasteiger partial charge is 0.481 e. The average molecular weight is 338 g/mol. The van der Waals surface area contributed by atoms with Crippen LogP contribution in [-0.4, -0.2) is 40.9 Å². The van der Waals surface area contributed by atoms with Crippen LogP contribution >= 0.6 is 0 Å². The van der Waals surface area contributed by atoms with Crippen LogP contribution in [0.5, 0.6) is 0 Å². The summed E-state index contributed by atoms with van der Waals surface area (Å²) in [4.78, 5) is 22.7. The number of carboxylic acids is 1. The van der Waals surface area contributed by atoms with Gasteiger partial charge in [-0.2, -0.15) is 0 Å². The van der Waals surface area contributed by atoms with E-state index in [1.165, 1.54) is 12.1 Å². The number of hydrogen-bond acceptors (Lipinski definition) is 3. The minimum absolute atomic E-state index is 0.0408. The molecule has 1 aromatic rings. The van der Waals surface area contributed by atoms with Gasteiger partial charge in [-0.3, -0.25) is 4.79 Å². The van der Waals surface area contributed by atoms with Crippen molar-refractivity contribution in [1.82, 2.24) is 10.6 Å². The van der Waals surface area contributed by atoms with E-state index in [-0.39, 0.29) is 36.8 Å². The standard InChI is InChI=1S/C17H23FN2O4/c18-13-3-1-2-11(8-13)9-15(21)10-19-17(24)20-14-6-4-12(5-7-14)16(22)23/h1-3,8,12,14-15,21H,4-7,9-10H2,(H,22,23)(H2,19,20,24). The highest BCUT2D eigenvalue weighted by Crippen LogP contribution is 2.24. The van der Waals surface area contributed by atoms with Crippen LogP contribution in [0.25, 0.3) is 0 Å². The van der Waals surface area contributed by atoms with Crippen molar-refractivity contribution in [3.8, 4) is 0 Å². The Morgan fingerprint density at radius 2 is 1.96 bits per heavy atom. The summed E-state index contributed by atoms with van der Waals surface area (Å²) in [6, 6.07) is 5.55. The molecule has 6 nitrogen and oxygen atoms in total. The lowest BCUT2D eigenvalue weighted by molar-refractivity contribution is -0.142. The first kappa shape index (κ1) is 18.2. The summed E-state index contributed by atoms with van der Waals surface area (Å²) in [6.07, 6.45) is 1.83. The molecule has 1 unspecified atom stereocenters. The zero-order valence-electron chi connectivity index (χ0n) is 13.4. The molecular weight excluding hydrogens is 315 g/mol. The van der Waals surface area contributed by atoms with E-state index in [9.17, 15) is 19.1 Å². The molecule has 1 aliphatic rings. The molecule has 2 amide bonds. The van der Waals surface area contributed by atoms with Gasteiger partial charge in [0.1, 0.15) is 5.82 Å². The molecule has 24 heavy (non-hydrogen) atoms. The fraction of sp³-hybridized carbons (Fsp3) is 0.529. The number of aliphatic hydroxyl groups is 1. The Morgan fingerprint density at radius 1 is 1.25 bits per heavy atom. The van der Waals surface area contributed by atoms with E-state index < -0.39 is 12.1 Å². The fourth-order valence-electron chi connectivity index (χ4n) is 2.94. The first-order valence-electron chi connectivity index (χ1n) is 8.13. The third-order valence-electron chi connectivity index (χ3n) is 4.27. The number of carbonyl (C=O) groups is 2. The van der Waals surface area contributed by atoms with Gasteiger partial charge in [-0.1, -0.05) is 12.1 Å². The highest BCUT2D eigenvalue weighted by molar-refractivity contribution is 5.74. The van der Waals surface area contributed by atoms with Crippen molar-refractivity contribution in [2.24, 2.45) is 5.92 Å². The number of benzene rings is 1. The second kappa shape index (κ2) is 8.63. The fourth-order valence-corrected chi connectivity index (χ4v) is 2.94. The smallest absolute Gasteiger partial charge is 0.315 e.